The van der Waals surface area contributed by atoms with Crippen molar-refractivity contribution in [3.05, 3.63) is 70.5 Å². The lowest BCUT2D eigenvalue weighted by Crippen LogP contribution is -2.36. The fourth-order valence-electron chi connectivity index (χ4n) is 3.75. The summed E-state index contributed by atoms with van der Waals surface area (Å²) >= 11 is 0. The first kappa shape index (κ1) is 28.4. The predicted octanol–water partition coefficient (Wildman–Crippen LogP) is 7.06. The number of amides is 1. The molecular weight excluding hydrogens is 483 g/mol. The van der Waals surface area contributed by atoms with E-state index >= 15 is 0 Å². The van der Waals surface area contributed by atoms with E-state index in [1.165, 1.54) is 24.3 Å². The van der Waals surface area contributed by atoms with E-state index in [0.29, 0.717) is 17.7 Å². The van der Waals surface area contributed by atoms with Gasteiger partial charge in [0.15, 0.2) is 0 Å². The van der Waals surface area contributed by atoms with Gasteiger partial charge in [-0.15, -0.1) is 0 Å². The molecular formula is C24H26F7NO3. The summed E-state index contributed by atoms with van der Waals surface area (Å²) in [5.41, 5.74) is 1.73. The van der Waals surface area contributed by atoms with Crippen LogP contribution in [-0.2, 0) is 28.4 Å². The minimum absolute atomic E-state index is 0.0488. The molecule has 2 atom stereocenters. The standard InChI is InChI=1S/C24H26F7NO3/c1-22(2,3)20(19(8-9-34-21(32)33)15-4-6-18(25)7-5-15)35-13-14-10-16(23(26,27)28)12-17(11-14)24(29,30)31/h4-7,10-12,19-20H,8-9,13H2,1-3H3,(H2,32,33). The molecule has 35 heavy (non-hydrogen) atoms. The third kappa shape index (κ3) is 8.41. The van der Waals surface area contributed by atoms with Gasteiger partial charge in [-0.2, -0.15) is 26.3 Å². The number of benzene rings is 2. The van der Waals surface area contributed by atoms with Crippen LogP contribution in [0.25, 0.3) is 0 Å². The monoisotopic (exact) mass is 509 g/mol. The van der Waals surface area contributed by atoms with Crippen LogP contribution in [0, 0.1) is 11.2 Å². The Kier molecular flexibility index (Phi) is 8.80. The molecule has 4 nitrogen and oxygen atoms in total. The zero-order valence-electron chi connectivity index (χ0n) is 19.3. The van der Waals surface area contributed by atoms with E-state index in [1.54, 1.807) is 20.8 Å². The molecule has 2 rings (SSSR count). The van der Waals surface area contributed by atoms with Crippen molar-refractivity contribution in [2.75, 3.05) is 6.61 Å². The number of alkyl halides is 6. The largest absolute Gasteiger partial charge is 0.450 e. The molecule has 2 N–H and O–H groups in total. The highest BCUT2D eigenvalue weighted by molar-refractivity contribution is 5.64. The Bertz CT molecular complexity index is 964. The van der Waals surface area contributed by atoms with Gasteiger partial charge in [-0.05, 0) is 53.3 Å². The van der Waals surface area contributed by atoms with Crippen LogP contribution in [0.1, 0.15) is 55.4 Å². The van der Waals surface area contributed by atoms with E-state index in [2.05, 4.69) is 0 Å². The van der Waals surface area contributed by atoms with Gasteiger partial charge in [0.1, 0.15) is 5.82 Å². The van der Waals surface area contributed by atoms with Gasteiger partial charge in [-0.1, -0.05) is 32.9 Å². The molecule has 0 aliphatic rings. The molecule has 1 amide bonds. The van der Waals surface area contributed by atoms with Crippen molar-refractivity contribution in [3.8, 4) is 0 Å². The van der Waals surface area contributed by atoms with Crippen molar-refractivity contribution in [2.24, 2.45) is 11.1 Å². The van der Waals surface area contributed by atoms with Crippen molar-refractivity contribution >= 4 is 6.09 Å². The Morgan fingerprint density at radius 3 is 1.86 bits per heavy atom. The highest BCUT2D eigenvalue weighted by Gasteiger charge is 2.38. The highest BCUT2D eigenvalue weighted by atomic mass is 19.4. The molecule has 2 aromatic rings. The molecule has 0 saturated carbocycles. The topological polar surface area (TPSA) is 61.6 Å². The number of hydrogen-bond donors (Lipinski definition) is 1. The Morgan fingerprint density at radius 1 is 0.914 bits per heavy atom. The number of hydrogen-bond acceptors (Lipinski definition) is 3. The van der Waals surface area contributed by atoms with Crippen LogP contribution in [-0.4, -0.2) is 18.8 Å². The lowest BCUT2D eigenvalue weighted by atomic mass is 9.76. The third-order valence-electron chi connectivity index (χ3n) is 5.27. The van der Waals surface area contributed by atoms with Gasteiger partial charge in [0.25, 0.3) is 0 Å². The summed E-state index contributed by atoms with van der Waals surface area (Å²) in [4.78, 5) is 11.0. The molecule has 0 fully saturated rings. The van der Waals surface area contributed by atoms with Gasteiger partial charge in [-0.3, -0.25) is 0 Å². The average molecular weight is 509 g/mol. The predicted molar refractivity (Wildman–Crippen MR) is 114 cm³/mol. The maximum Gasteiger partial charge on any atom is 0.416 e. The van der Waals surface area contributed by atoms with E-state index in [1.807, 2.05) is 0 Å². The zero-order chi connectivity index (χ0) is 26.6. The number of ether oxygens (including phenoxy) is 2. The first-order valence-electron chi connectivity index (χ1n) is 10.6. The van der Waals surface area contributed by atoms with Crippen LogP contribution >= 0.6 is 0 Å². The second kappa shape index (κ2) is 10.8. The van der Waals surface area contributed by atoms with Gasteiger partial charge >= 0.3 is 18.4 Å². The molecule has 0 aromatic heterocycles. The van der Waals surface area contributed by atoms with Crippen LogP contribution in [0.2, 0.25) is 0 Å². The second-order valence-corrected chi connectivity index (χ2v) is 9.13. The quantitative estimate of drug-likeness (QED) is 0.388. The Morgan fingerprint density at radius 2 is 1.43 bits per heavy atom. The molecule has 0 aliphatic carbocycles. The smallest absolute Gasteiger partial charge is 0.416 e. The molecule has 0 heterocycles. The summed E-state index contributed by atoms with van der Waals surface area (Å²) in [6, 6.07) is 6.65. The molecule has 0 aliphatic heterocycles. The van der Waals surface area contributed by atoms with Crippen molar-refractivity contribution in [3.63, 3.8) is 0 Å². The van der Waals surface area contributed by atoms with Crippen molar-refractivity contribution < 1.29 is 45.0 Å². The molecule has 2 unspecified atom stereocenters. The normalized spacial score (nSPS) is 14.5. The molecule has 0 radical (unpaired) electrons. The molecule has 0 saturated heterocycles. The summed E-state index contributed by atoms with van der Waals surface area (Å²) in [5.74, 6) is -1.06. The van der Waals surface area contributed by atoms with E-state index in [4.69, 9.17) is 15.2 Å². The third-order valence-corrected chi connectivity index (χ3v) is 5.27. The Balaban J connectivity index is 2.42. The fourth-order valence-corrected chi connectivity index (χ4v) is 3.75. The number of carbonyl (C=O) groups excluding carboxylic acids is 1. The van der Waals surface area contributed by atoms with Gasteiger partial charge in [0.2, 0.25) is 0 Å². The van der Waals surface area contributed by atoms with Crippen LogP contribution in [0.3, 0.4) is 0 Å². The molecule has 11 heteroatoms. The van der Waals surface area contributed by atoms with Crippen LogP contribution in [0.5, 0.6) is 0 Å². The maximum absolute atomic E-state index is 13.5. The van der Waals surface area contributed by atoms with Gasteiger partial charge in [0.05, 0.1) is 30.4 Å². The van der Waals surface area contributed by atoms with Gasteiger partial charge in [0, 0.05) is 5.92 Å². The van der Waals surface area contributed by atoms with E-state index < -0.39 is 59.4 Å². The SMILES string of the molecule is CC(C)(C)C(OCc1cc(C(F)(F)F)cc(C(F)(F)F)c1)C(CCOC(N)=O)c1ccc(F)cc1. The zero-order valence-corrected chi connectivity index (χ0v) is 19.3. The van der Waals surface area contributed by atoms with E-state index in [9.17, 15) is 35.5 Å². The first-order chi connectivity index (χ1) is 16.0. The van der Waals surface area contributed by atoms with Crippen molar-refractivity contribution in [1.82, 2.24) is 0 Å². The number of nitrogens with two attached hydrogens (primary N) is 1. The summed E-state index contributed by atoms with van der Waals surface area (Å²) in [6.45, 7) is 4.64. The highest BCUT2D eigenvalue weighted by Crippen LogP contribution is 2.39. The van der Waals surface area contributed by atoms with Crippen LogP contribution < -0.4 is 5.73 Å². The summed E-state index contributed by atoms with van der Waals surface area (Å²) < 4.78 is 104. The van der Waals surface area contributed by atoms with E-state index in [-0.39, 0.29) is 24.7 Å². The van der Waals surface area contributed by atoms with Gasteiger partial charge in [-0.25, -0.2) is 9.18 Å². The lowest BCUT2D eigenvalue weighted by Gasteiger charge is -2.37. The number of halogens is 7. The van der Waals surface area contributed by atoms with Crippen LogP contribution in [0.4, 0.5) is 35.5 Å². The number of primary amides is 1. The summed E-state index contributed by atoms with van der Waals surface area (Å²) in [6.07, 6.45) is -11.6. The fraction of sp³-hybridized carbons (Fsp3) is 0.458. The van der Waals surface area contributed by atoms with E-state index in [0.717, 1.165) is 0 Å². The van der Waals surface area contributed by atoms with Crippen molar-refractivity contribution in [1.29, 1.82) is 0 Å². The molecule has 0 bridgehead atoms. The molecule has 194 valence electrons. The number of rotatable bonds is 8. The maximum atomic E-state index is 13.5. The van der Waals surface area contributed by atoms with Crippen LogP contribution in [0.15, 0.2) is 42.5 Å². The summed E-state index contributed by atoms with van der Waals surface area (Å²) in [7, 11) is 0. The minimum Gasteiger partial charge on any atom is -0.450 e. The number of carbonyl (C=O) groups is 1. The first-order valence-corrected chi connectivity index (χ1v) is 10.6. The Labute approximate surface area is 198 Å². The molecule has 0 spiro atoms. The van der Waals surface area contributed by atoms with Gasteiger partial charge < -0.3 is 15.2 Å². The summed E-state index contributed by atoms with van der Waals surface area (Å²) in [5, 5.41) is 0. The molecule has 2 aromatic carbocycles. The van der Waals surface area contributed by atoms with Crippen molar-refractivity contribution in [2.45, 2.75) is 58.2 Å². The lowest BCUT2D eigenvalue weighted by molar-refractivity contribution is -0.143. The second-order valence-electron chi connectivity index (χ2n) is 9.13. The average Bonchev–Trinajstić information content (AvgIpc) is 2.70. The minimum atomic E-state index is -4.98. The Hall–Kier alpha value is -2.82.